The SMILES string of the molecule is Cc1cc(Nc2cc(N)ncn2)c(=O)n2c1C(=O)NC21C=CCC1. The standard InChI is InChI=1S/C16H16N6O2/c1-9-6-10(20-12-7-11(17)18-8-19-12)15(24)22-13(9)14(23)21-16(22)4-2-3-5-16/h2,4,6-8H,3,5H2,1H3,(H,21,23)(H3,17,18,19,20). The van der Waals surface area contributed by atoms with E-state index in [0.29, 0.717) is 35.0 Å². The zero-order chi connectivity index (χ0) is 16.9. The van der Waals surface area contributed by atoms with E-state index in [-0.39, 0.29) is 11.5 Å². The first-order chi connectivity index (χ1) is 11.5. The Morgan fingerprint density at radius 3 is 2.88 bits per heavy atom. The van der Waals surface area contributed by atoms with Gasteiger partial charge in [-0.05, 0) is 37.5 Å². The lowest BCUT2D eigenvalue weighted by Crippen LogP contribution is -2.44. The highest BCUT2D eigenvalue weighted by atomic mass is 16.2. The lowest BCUT2D eigenvalue weighted by Gasteiger charge is -2.25. The molecule has 2 aromatic heterocycles. The van der Waals surface area contributed by atoms with E-state index in [1.165, 1.54) is 6.33 Å². The molecule has 8 nitrogen and oxygen atoms in total. The number of fused-ring (bicyclic) bond motifs is 2. The molecule has 0 radical (unpaired) electrons. The van der Waals surface area contributed by atoms with E-state index in [4.69, 9.17) is 5.73 Å². The molecule has 24 heavy (non-hydrogen) atoms. The third-order valence-corrected chi connectivity index (χ3v) is 4.37. The Morgan fingerprint density at radius 2 is 2.17 bits per heavy atom. The van der Waals surface area contributed by atoms with Gasteiger partial charge in [-0.2, -0.15) is 0 Å². The van der Waals surface area contributed by atoms with E-state index in [9.17, 15) is 9.59 Å². The summed E-state index contributed by atoms with van der Waals surface area (Å²) in [5.74, 6) is 0.499. The van der Waals surface area contributed by atoms with Crippen molar-refractivity contribution in [2.24, 2.45) is 0 Å². The van der Waals surface area contributed by atoms with Crippen LogP contribution in [0.5, 0.6) is 0 Å². The topological polar surface area (TPSA) is 115 Å². The van der Waals surface area contributed by atoms with Crippen molar-refractivity contribution < 1.29 is 4.79 Å². The van der Waals surface area contributed by atoms with Crippen molar-refractivity contribution in [2.45, 2.75) is 25.4 Å². The number of rotatable bonds is 2. The first-order valence-corrected chi connectivity index (χ1v) is 7.62. The minimum atomic E-state index is -0.767. The molecule has 0 saturated heterocycles. The van der Waals surface area contributed by atoms with Crippen molar-refractivity contribution >= 4 is 23.2 Å². The molecule has 0 bridgehead atoms. The number of amides is 1. The summed E-state index contributed by atoms with van der Waals surface area (Å²) in [5.41, 5.74) is 6.05. The number of hydrogen-bond donors (Lipinski definition) is 3. The van der Waals surface area contributed by atoms with Gasteiger partial charge in [-0.3, -0.25) is 14.2 Å². The predicted molar refractivity (Wildman–Crippen MR) is 89.0 cm³/mol. The summed E-state index contributed by atoms with van der Waals surface area (Å²) in [4.78, 5) is 33.2. The summed E-state index contributed by atoms with van der Waals surface area (Å²) in [6, 6.07) is 3.20. The molecule has 2 aromatic rings. The molecule has 4 N–H and O–H groups in total. The molecule has 122 valence electrons. The molecule has 1 aliphatic carbocycles. The van der Waals surface area contributed by atoms with E-state index < -0.39 is 5.66 Å². The lowest BCUT2D eigenvalue weighted by atomic mass is 10.1. The summed E-state index contributed by atoms with van der Waals surface area (Å²) < 4.78 is 1.54. The van der Waals surface area contributed by atoms with Gasteiger partial charge < -0.3 is 16.4 Å². The highest BCUT2D eigenvalue weighted by Crippen LogP contribution is 2.34. The van der Waals surface area contributed by atoms with Gasteiger partial charge in [0.05, 0.1) is 0 Å². The van der Waals surface area contributed by atoms with Crippen molar-refractivity contribution in [3.8, 4) is 0 Å². The molecule has 2 aliphatic rings. The van der Waals surface area contributed by atoms with Gasteiger partial charge in [0.15, 0.2) is 0 Å². The van der Waals surface area contributed by atoms with Crippen LogP contribution in [0, 0.1) is 6.92 Å². The van der Waals surface area contributed by atoms with Gasteiger partial charge in [0.25, 0.3) is 11.5 Å². The van der Waals surface area contributed by atoms with Crippen LogP contribution >= 0.6 is 0 Å². The van der Waals surface area contributed by atoms with Gasteiger partial charge in [0.2, 0.25) is 0 Å². The number of pyridine rings is 1. The van der Waals surface area contributed by atoms with Gasteiger partial charge in [-0.15, -0.1) is 0 Å². The maximum Gasteiger partial charge on any atom is 0.277 e. The van der Waals surface area contributed by atoms with Crippen LogP contribution < -0.4 is 21.9 Å². The molecule has 1 unspecified atom stereocenters. The van der Waals surface area contributed by atoms with Crippen molar-refractivity contribution in [1.82, 2.24) is 19.9 Å². The second-order valence-electron chi connectivity index (χ2n) is 6.00. The summed E-state index contributed by atoms with van der Waals surface area (Å²) >= 11 is 0. The first kappa shape index (κ1) is 14.4. The minimum absolute atomic E-state index is 0.228. The van der Waals surface area contributed by atoms with Crippen molar-refractivity contribution in [1.29, 1.82) is 0 Å². The number of anilines is 3. The highest BCUT2D eigenvalue weighted by molar-refractivity contribution is 5.97. The smallest absolute Gasteiger partial charge is 0.277 e. The zero-order valence-electron chi connectivity index (χ0n) is 13.0. The average Bonchev–Trinajstić information content (AvgIpc) is 3.10. The monoisotopic (exact) mass is 324 g/mol. The average molecular weight is 324 g/mol. The number of aromatic nitrogens is 3. The number of carbonyl (C=O) groups is 1. The number of nitrogen functional groups attached to an aromatic ring is 1. The highest BCUT2D eigenvalue weighted by Gasteiger charge is 2.44. The van der Waals surface area contributed by atoms with Crippen LogP contribution in [0.4, 0.5) is 17.3 Å². The maximum atomic E-state index is 13.0. The van der Waals surface area contributed by atoms with E-state index in [0.717, 1.165) is 6.42 Å². The largest absolute Gasteiger partial charge is 0.384 e. The summed E-state index contributed by atoms with van der Waals surface area (Å²) in [7, 11) is 0. The number of hydrogen-bond acceptors (Lipinski definition) is 6. The Hall–Kier alpha value is -3.16. The second kappa shape index (κ2) is 4.92. The van der Waals surface area contributed by atoms with Gasteiger partial charge in [0.1, 0.15) is 35.0 Å². The number of nitrogens with one attached hydrogen (secondary N) is 2. The molecule has 1 aliphatic heterocycles. The molecule has 1 atom stereocenters. The summed E-state index contributed by atoms with van der Waals surface area (Å²) in [6.07, 6.45) is 6.65. The van der Waals surface area contributed by atoms with Crippen molar-refractivity contribution in [3.63, 3.8) is 0 Å². The Labute approximate surface area is 137 Å². The Morgan fingerprint density at radius 1 is 1.33 bits per heavy atom. The Balaban J connectivity index is 1.87. The van der Waals surface area contributed by atoms with Crippen LogP contribution in [-0.4, -0.2) is 20.4 Å². The van der Waals surface area contributed by atoms with Crippen molar-refractivity contribution in [3.05, 3.63) is 52.2 Å². The fourth-order valence-corrected chi connectivity index (χ4v) is 3.34. The molecule has 0 aromatic carbocycles. The molecule has 4 rings (SSSR count). The molecule has 3 heterocycles. The summed E-state index contributed by atoms with van der Waals surface area (Å²) in [5, 5.41) is 5.92. The van der Waals surface area contributed by atoms with Gasteiger partial charge >= 0.3 is 0 Å². The van der Waals surface area contributed by atoms with Crippen LogP contribution in [0.1, 0.15) is 28.9 Å². The third kappa shape index (κ3) is 1.99. The molecule has 0 saturated carbocycles. The number of allylic oxidation sites excluding steroid dienone is 1. The normalized spacial score (nSPS) is 21.1. The molecule has 8 heteroatoms. The van der Waals surface area contributed by atoms with Crippen molar-refractivity contribution in [2.75, 3.05) is 11.1 Å². The Kier molecular flexibility index (Phi) is 2.96. The number of aryl methyl sites for hydroxylation is 1. The quantitative estimate of drug-likeness (QED) is 0.710. The van der Waals surface area contributed by atoms with Crippen LogP contribution in [-0.2, 0) is 5.66 Å². The minimum Gasteiger partial charge on any atom is -0.384 e. The van der Waals surface area contributed by atoms with Crippen LogP contribution in [0.15, 0.2) is 35.4 Å². The van der Waals surface area contributed by atoms with E-state index in [2.05, 4.69) is 20.6 Å². The molecular weight excluding hydrogens is 308 g/mol. The van der Waals surface area contributed by atoms with Crippen LogP contribution in [0.3, 0.4) is 0 Å². The van der Waals surface area contributed by atoms with E-state index in [1.807, 2.05) is 19.1 Å². The van der Waals surface area contributed by atoms with E-state index >= 15 is 0 Å². The molecular formula is C16H16N6O2. The van der Waals surface area contributed by atoms with Gasteiger partial charge in [0, 0.05) is 6.07 Å². The molecule has 0 fully saturated rings. The summed E-state index contributed by atoms with van der Waals surface area (Å²) in [6.45, 7) is 1.81. The van der Waals surface area contributed by atoms with E-state index in [1.54, 1.807) is 16.7 Å². The third-order valence-electron chi connectivity index (χ3n) is 4.37. The van der Waals surface area contributed by atoms with Crippen LogP contribution in [0.2, 0.25) is 0 Å². The number of carbonyl (C=O) groups excluding carboxylic acids is 1. The molecule has 1 spiro atoms. The fourth-order valence-electron chi connectivity index (χ4n) is 3.34. The van der Waals surface area contributed by atoms with Crippen LogP contribution in [0.25, 0.3) is 0 Å². The number of nitrogens with zero attached hydrogens (tertiary/aromatic N) is 3. The Bertz CT molecular complexity index is 948. The maximum absolute atomic E-state index is 13.0. The number of nitrogens with two attached hydrogens (primary N) is 1. The van der Waals surface area contributed by atoms with Gasteiger partial charge in [-0.25, -0.2) is 9.97 Å². The predicted octanol–water partition coefficient (Wildman–Crippen LogP) is 1.02. The lowest BCUT2D eigenvalue weighted by molar-refractivity contribution is 0.0937. The van der Waals surface area contributed by atoms with Gasteiger partial charge in [-0.1, -0.05) is 6.08 Å². The zero-order valence-corrected chi connectivity index (χ0v) is 13.0. The first-order valence-electron chi connectivity index (χ1n) is 7.62. The fraction of sp³-hybridized carbons (Fsp3) is 0.250. The molecule has 1 amide bonds. The second-order valence-corrected chi connectivity index (χ2v) is 6.00.